The molecule has 17 heavy (non-hydrogen) atoms. The molecule has 1 aliphatic heterocycles. The highest BCUT2D eigenvalue weighted by Crippen LogP contribution is 2.19. The molecule has 1 fully saturated rings. The molecule has 2 heterocycles. The van der Waals surface area contributed by atoms with E-state index in [1.165, 1.54) is 17.3 Å². The zero-order chi connectivity index (χ0) is 12.3. The molecular weight excluding hydrogens is 224 g/mol. The van der Waals surface area contributed by atoms with E-state index >= 15 is 0 Å². The van der Waals surface area contributed by atoms with Crippen LogP contribution in [0, 0.1) is 5.92 Å². The fraction of sp³-hybridized carbons (Fsp3) is 0.600. The average molecular weight is 238 g/mol. The maximum Gasteiger partial charge on any atom is 0.303 e. The lowest BCUT2D eigenvalue weighted by Crippen LogP contribution is -2.32. The molecule has 7 nitrogen and oxygen atoms in total. The van der Waals surface area contributed by atoms with Crippen LogP contribution in [-0.2, 0) is 16.1 Å². The lowest BCUT2D eigenvalue weighted by atomic mass is 10.1. The van der Waals surface area contributed by atoms with Crippen molar-refractivity contribution in [2.45, 2.75) is 19.4 Å². The van der Waals surface area contributed by atoms with E-state index in [0.717, 1.165) is 6.42 Å². The van der Waals surface area contributed by atoms with E-state index < -0.39 is 5.97 Å². The van der Waals surface area contributed by atoms with Crippen LogP contribution >= 0.6 is 0 Å². The van der Waals surface area contributed by atoms with E-state index in [1.54, 1.807) is 4.90 Å². The molecule has 0 bridgehead atoms. The Morgan fingerprint density at radius 2 is 2.29 bits per heavy atom. The Hall–Kier alpha value is -1.92. The number of likely N-dealkylation sites (tertiary alicyclic amines) is 1. The summed E-state index contributed by atoms with van der Waals surface area (Å²) in [6, 6.07) is 0. The molecule has 0 aromatic carbocycles. The van der Waals surface area contributed by atoms with Crippen LogP contribution < -0.4 is 0 Å². The first-order valence-electron chi connectivity index (χ1n) is 5.47. The summed E-state index contributed by atoms with van der Waals surface area (Å²) >= 11 is 0. The predicted octanol–water partition coefficient (Wildman–Crippen LogP) is -0.399. The van der Waals surface area contributed by atoms with Crippen molar-refractivity contribution in [3.05, 3.63) is 12.7 Å². The van der Waals surface area contributed by atoms with Crippen molar-refractivity contribution in [1.82, 2.24) is 19.7 Å². The first-order chi connectivity index (χ1) is 8.15. The first kappa shape index (κ1) is 11.6. The molecule has 7 heteroatoms. The second-order valence-corrected chi connectivity index (χ2v) is 4.19. The lowest BCUT2D eigenvalue weighted by molar-refractivity contribution is -0.138. The van der Waals surface area contributed by atoms with Crippen molar-refractivity contribution in [3.8, 4) is 0 Å². The SMILES string of the molecule is O=C(O)CC1CCN(C(=O)Cn2cncn2)C1. The molecule has 1 saturated heterocycles. The molecule has 2 rings (SSSR count). The van der Waals surface area contributed by atoms with Crippen LogP contribution in [0.4, 0.5) is 0 Å². The highest BCUT2D eigenvalue weighted by Gasteiger charge is 2.27. The highest BCUT2D eigenvalue weighted by atomic mass is 16.4. The van der Waals surface area contributed by atoms with Crippen LogP contribution in [0.3, 0.4) is 0 Å². The number of hydrogen-bond acceptors (Lipinski definition) is 4. The van der Waals surface area contributed by atoms with Crippen molar-refractivity contribution in [2.24, 2.45) is 5.92 Å². The maximum absolute atomic E-state index is 11.8. The topological polar surface area (TPSA) is 88.3 Å². The van der Waals surface area contributed by atoms with Gasteiger partial charge in [0, 0.05) is 19.5 Å². The van der Waals surface area contributed by atoms with Gasteiger partial charge in [0.25, 0.3) is 0 Å². The Morgan fingerprint density at radius 1 is 1.47 bits per heavy atom. The summed E-state index contributed by atoms with van der Waals surface area (Å²) in [6.07, 6.45) is 3.76. The second-order valence-electron chi connectivity index (χ2n) is 4.19. The van der Waals surface area contributed by atoms with Crippen LogP contribution in [0.5, 0.6) is 0 Å². The van der Waals surface area contributed by atoms with E-state index in [-0.39, 0.29) is 24.8 Å². The molecule has 1 aliphatic rings. The van der Waals surface area contributed by atoms with Gasteiger partial charge in [0.05, 0.1) is 0 Å². The number of aromatic nitrogens is 3. The van der Waals surface area contributed by atoms with Gasteiger partial charge < -0.3 is 10.0 Å². The first-order valence-corrected chi connectivity index (χ1v) is 5.47. The number of hydrogen-bond donors (Lipinski definition) is 1. The smallest absolute Gasteiger partial charge is 0.303 e. The van der Waals surface area contributed by atoms with E-state index in [4.69, 9.17) is 5.11 Å². The Morgan fingerprint density at radius 3 is 2.94 bits per heavy atom. The minimum absolute atomic E-state index is 0.0385. The number of nitrogens with zero attached hydrogens (tertiary/aromatic N) is 4. The van der Waals surface area contributed by atoms with E-state index in [2.05, 4.69) is 10.1 Å². The quantitative estimate of drug-likeness (QED) is 0.771. The minimum atomic E-state index is -0.805. The maximum atomic E-state index is 11.8. The van der Waals surface area contributed by atoms with Gasteiger partial charge in [-0.25, -0.2) is 9.67 Å². The molecule has 0 spiro atoms. The highest BCUT2D eigenvalue weighted by molar-refractivity contribution is 5.76. The molecule has 1 N–H and O–H groups in total. The Bertz CT molecular complexity index is 404. The molecule has 0 saturated carbocycles. The molecule has 1 aromatic rings. The molecule has 0 radical (unpaired) electrons. The summed E-state index contributed by atoms with van der Waals surface area (Å²) in [7, 11) is 0. The molecular formula is C10H14N4O3. The summed E-state index contributed by atoms with van der Waals surface area (Å²) in [5.74, 6) is -0.767. The normalized spacial score (nSPS) is 19.5. The van der Waals surface area contributed by atoms with Crippen molar-refractivity contribution in [1.29, 1.82) is 0 Å². The van der Waals surface area contributed by atoms with E-state index in [1.807, 2.05) is 0 Å². The van der Waals surface area contributed by atoms with Gasteiger partial charge in [-0.1, -0.05) is 0 Å². The van der Waals surface area contributed by atoms with Gasteiger partial charge in [-0.2, -0.15) is 5.10 Å². The monoisotopic (exact) mass is 238 g/mol. The van der Waals surface area contributed by atoms with Crippen LogP contribution in [0.1, 0.15) is 12.8 Å². The average Bonchev–Trinajstić information content (AvgIpc) is 2.87. The molecule has 1 amide bonds. The fourth-order valence-corrected chi connectivity index (χ4v) is 2.03. The van der Waals surface area contributed by atoms with Gasteiger partial charge in [-0.15, -0.1) is 0 Å². The standard InChI is InChI=1S/C10H14N4O3/c15-9(5-14-7-11-6-12-14)13-2-1-8(4-13)3-10(16)17/h6-8H,1-5H2,(H,16,17). The third kappa shape index (κ3) is 3.02. The van der Waals surface area contributed by atoms with Crippen LogP contribution in [0.2, 0.25) is 0 Å². The third-order valence-electron chi connectivity index (χ3n) is 2.87. The van der Waals surface area contributed by atoms with Crippen molar-refractivity contribution in [3.63, 3.8) is 0 Å². The summed E-state index contributed by atoms with van der Waals surface area (Å²) in [4.78, 5) is 27.8. The van der Waals surface area contributed by atoms with Crippen molar-refractivity contribution in [2.75, 3.05) is 13.1 Å². The zero-order valence-corrected chi connectivity index (χ0v) is 9.32. The zero-order valence-electron chi connectivity index (χ0n) is 9.32. The van der Waals surface area contributed by atoms with Crippen LogP contribution in [0.15, 0.2) is 12.7 Å². The van der Waals surface area contributed by atoms with Crippen LogP contribution in [-0.4, -0.2) is 49.7 Å². The lowest BCUT2D eigenvalue weighted by Gasteiger charge is -2.15. The van der Waals surface area contributed by atoms with E-state index in [0.29, 0.717) is 13.1 Å². The molecule has 0 aliphatic carbocycles. The Kier molecular flexibility index (Phi) is 3.36. The summed E-state index contributed by atoms with van der Waals surface area (Å²) in [5, 5.41) is 12.5. The predicted molar refractivity (Wildman–Crippen MR) is 57.0 cm³/mol. The number of carbonyl (C=O) groups excluding carboxylic acids is 1. The van der Waals surface area contributed by atoms with Gasteiger partial charge in [0.15, 0.2) is 0 Å². The van der Waals surface area contributed by atoms with Crippen molar-refractivity contribution < 1.29 is 14.7 Å². The van der Waals surface area contributed by atoms with Crippen LogP contribution in [0.25, 0.3) is 0 Å². The number of rotatable bonds is 4. The fourth-order valence-electron chi connectivity index (χ4n) is 2.03. The summed E-state index contributed by atoms with van der Waals surface area (Å²) in [6.45, 7) is 1.32. The van der Waals surface area contributed by atoms with E-state index in [9.17, 15) is 9.59 Å². The third-order valence-corrected chi connectivity index (χ3v) is 2.87. The number of aliphatic carboxylic acids is 1. The number of carboxylic acids is 1. The second kappa shape index (κ2) is 4.94. The molecule has 1 atom stereocenters. The van der Waals surface area contributed by atoms with Gasteiger partial charge in [0.2, 0.25) is 5.91 Å². The molecule has 92 valence electrons. The van der Waals surface area contributed by atoms with Gasteiger partial charge in [-0.3, -0.25) is 9.59 Å². The summed E-state index contributed by atoms with van der Waals surface area (Å²) < 4.78 is 1.47. The molecule has 1 unspecified atom stereocenters. The Labute approximate surface area is 98.0 Å². The Balaban J connectivity index is 1.83. The summed E-state index contributed by atoms with van der Waals surface area (Å²) in [5.41, 5.74) is 0. The largest absolute Gasteiger partial charge is 0.481 e. The number of amides is 1. The van der Waals surface area contributed by atoms with Gasteiger partial charge in [0.1, 0.15) is 19.2 Å². The van der Waals surface area contributed by atoms with Gasteiger partial charge >= 0.3 is 5.97 Å². The molecule has 1 aromatic heterocycles. The van der Waals surface area contributed by atoms with Crippen molar-refractivity contribution >= 4 is 11.9 Å². The number of carboxylic acid groups (broad SMARTS) is 1. The number of carbonyl (C=O) groups is 2. The van der Waals surface area contributed by atoms with Gasteiger partial charge in [-0.05, 0) is 12.3 Å². The minimum Gasteiger partial charge on any atom is -0.481 e.